The Morgan fingerprint density at radius 2 is 1.81 bits per heavy atom. The lowest BCUT2D eigenvalue weighted by Gasteiger charge is -2.28. The summed E-state index contributed by atoms with van der Waals surface area (Å²) in [5.74, 6) is -0.770. The van der Waals surface area contributed by atoms with Crippen LogP contribution in [0.25, 0.3) is 0 Å². The maximum absolute atomic E-state index is 12.2. The first-order valence-corrected chi connectivity index (χ1v) is 7.51. The predicted octanol–water partition coefficient (Wildman–Crippen LogP) is 2.97. The Morgan fingerprint density at radius 3 is 2.29 bits per heavy atom. The van der Waals surface area contributed by atoms with Gasteiger partial charge in [-0.25, -0.2) is 4.79 Å². The van der Waals surface area contributed by atoms with E-state index in [0.717, 1.165) is 5.56 Å². The van der Waals surface area contributed by atoms with Crippen LogP contribution >= 0.6 is 0 Å². The summed E-state index contributed by atoms with van der Waals surface area (Å²) < 4.78 is 0. The summed E-state index contributed by atoms with van der Waals surface area (Å²) in [6.45, 7) is 6.19. The van der Waals surface area contributed by atoms with Crippen molar-refractivity contribution in [2.24, 2.45) is 5.92 Å². The molecule has 4 heteroatoms. The Bertz CT molecular complexity index is 456. The van der Waals surface area contributed by atoms with E-state index in [-0.39, 0.29) is 11.8 Å². The Kier molecular flexibility index (Phi) is 6.92. The third kappa shape index (κ3) is 5.58. The van der Waals surface area contributed by atoms with Gasteiger partial charge in [-0.15, -0.1) is 0 Å². The molecule has 1 aromatic carbocycles. The van der Waals surface area contributed by atoms with Crippen LogP contribution < -0.4 is 0 Å². The number of carboxylic acid groups (broad SMARTS) is 1. The van der Waals surface area contributed by atoms with E-state index < -0.39 is 12.0 Å². The van der Waals surface area contributed by atoms with E-state index in [1.807, 2.05) is 51.1 Å². The van der Waals surface area contributed by atoms with Crippen molar-refractivity contribution in [1.29, 1.82) is 0 Å². The summed E-state index contributed by atoms with van der Waals surface area (Å²) in [6, 6.07) is 9.01. The highest BCUT2D eigenvalue weighted by molar-refractivity contribution is 5.83. The lowest BCUT2D eigenvalue weighted by molar-refractivity contribution is -0.150. The number of nitrogens with zero attached hydrogens (tertiary/aromatic N) is 1. The zero-order chi connectivity index (χ0) is 15.8. The fraction of sp³-hybridized carbons (Fsp3) is 0.529. The molecule has 0 saturated heterocycles. The van der Waals surface area contributed by atoms with Crippen LogP contribution in [0.15, 0.2) is 30.3 Å². The van der Waals surface area contributed by atoms with Gasteiger partial charge in [0.1, 0.15) is 6.04 Å². The number of amides is 1. The predicted molar refractivity (Wildman–Crippen MR) is 83.0 cm³/mol. The van der Waals surface area contributed by atoms with Crippen molar-refractivity contribution in [3.05, 3.63) is 35.9 Å². The van der Waals surface area contributed by atoms with Crippen LogP contribution in [-0.4, -0.2) is 34.5 Å². The van der Waals surface area contributed by atoms with Crippen LogP contribution in [0.2, 0.25) is 0 Å². The number of rotatable bonds is 8. The molecule has 0 aliphatic rings. The minimum Gasteiger partial charge on any atom is -0.480 e. The second kappa shape index (κ2) is 8.45. The topological polar surface area (TPSA) is 57.6 Å². The van der Waals surface area contributed by atoms with Gasteiger partial charge in [-0.05, 0) is 31.2 Å². The number of likely N-dealkylation sites (N-methyl/N-ethyl adjacent to an activating group) is 1. The Balaban J connectivity index is 2.74. The van der Waals surface area contributed by atoms with Gasteiger partial charge in [-0.3, -0.25) is 4.79 Å². The molecule has 0 aliphatic carbocycles. The average Bonchev–Trinajstić information content (AvgIpc) is 2.43. The standard InChI is InChI=1S/C17H25NO3/c1-4-18(16(19)12-13(2)3)15(17(20)21)11-10-14-8-6-5-7-9-14/h5-9,13,15H,4,10-12H2,1-3H3,(H,20,21)/t15-/m0/s1. The number of aryl methyl sites for hydroxylation is 1. The lowest BCUT2D eigenvalue weighted by atomic mass is 10.0. The Hall–Kier alpha value is -1.84. The van der Waals surface area contributed by atoms with E-state index >= 15 is 0 Å². The molecule has 0 aromatic heterocycles. The molecular formula is C17H25NO3. The number of carbonyl (C=O) groups excluding carboxylic acids is 1. The first-order valence-electron chi connectivity index (χ1n) is 7.51. The molecule has 1 rings (SSSR count). The molecule has 0 bridgehead atoms. The van der Waals surface area contributed by atoms with E-state index in [2.05, 4.69) is 0 Å². The highest BCUT2D eigenvalue weighted by Gasteiger charge is 2.28. The Morgan fingerprint density at radius 1 is 1.19 bits per heavy atom. The summed E-state index contributed by atoms with van der Waals surface area (Å²) in [6.07, 6.45) is 1.49. The summed E-state index contributed by atoms with van der Waals surface area (Å²) in [7, 11) is 0. The number of carboxylic acids is 1. The summed E-state index contributed by atoms with van der Waals surface area (Å²) in [5.41, 5.74) is 1.09. The zero-order valence-electron chi connectivity index (χ0n) is 13.1. The van der Waals surface area contributed by atoms with Crippen molar-refractivity contribution < 1.29 is 14.7 Å². The number of hydrogen-bond acceptors (Lipinski definition) is 2. The molecule has 0 heterocycles. The van der Waals surface area contributed by atoms with Crippen molar-refractivity contribution in [3.63, 3.8) is 0 Å². The molecule has 4 nitrogen and oxygen atoms in total. The van der Waals surface area contributed by atoms with Crippen LogP contribution in [0.3, 0.4) is 0 Å². The van der Waals surface area contributed by atoms with Crippen molar-refractivity contribution in [3.8, 4) is 0 Å². The Labute approximate surface area is 126 Å². The molecule has 1 N–H and O–H groups in total. The minimum atomic E-state index is -0.926. The summed E-state index contributed by atoms with van der Waals surface area (Å²) >= 11 is 0. The average molecular weight is 291 g/mol. The SMILES string of the molecule is CCN(C(=O)CC(C)C)[C@@H](CCc1ccccc1)C(=O)O. The number of hydrogen-bond donors (Lipinski definition) is 1. The van der Waals surface area contributed by atoms with Gasteiger partial charge in [0.25, 0.3) is 0 Å². The molecular weight excluding hydrogens is 266 g/mol. The molecule has 0 saturated carbocycles. The van der Waals surface area contributed by atoms with Crippen LogP contribution in [0.1, 0.15) is 39.2 Å². The molecule has 116 valence electrons. The molecule has 0 radical (unpaired) electrons. The molecule has 0 fully saturated rings. The van der Waals surface area contributed by atoms with E-state index in [1.165, 1.54) is 4.90 Å². The van der Waals surface area contributed by atoms with Crippen LogP contribution in [0, 0.1) is 5.92 Å². The van der Waals surface area contributed by atoms with Crippen LogP contribution in [-0.2, 0) is 16.0 Å². The van der Waals surface area contributed by atoms with Crippen LogP contribution in [0.5, 0.6) is 0 Å². The van der Waals surface area contributed by atoms with Crippen molar-refractivity contribution in [2.45, 2.75) is 46.1 Å². The lowest BCUT2D eigenvalue weighted by Crippen LogP contribution is -2.45. The highest BCUT2D eigenvalue weighted by atomic mass is 16.4. The van der Waals surface area contributed by atoms with E-state index in [9.17, 15) is 14.7 Å². The van der Waals surface area contributed by atoms with Gasteiger partial charge < -0.3 is 10.0 Å². The van der Waals surface area contributed by atoms with E-state index in [0.29, 0.717) is 25.8 Å². The zero-order valence-corrected chi connectivity index (χ0v) is 13.1. The largest absolute Gasteiger partial charge is 0.480 e. The molecule has 1 atom stereocenters. The summed E-state index contributed by atoms with van der Waals surface area (Å²) in [4.78, 5) is 25.2. The molecule has 0 unspecified atom stereocenters. The van der Waals surface area contributed by atoms with Gasteiger partial charge >= 0.3 is 5.97 Å². The van der Waals surface area contributed by atoms with Gasteiger partial charge in [0.2, 0.25) is 5.91 Å². The fourth-order valence-electron chi connectivity index (χ4n) is 2.40. The van der Waals surface area contributed by atoms with Gasteiger partial charge in [0, 0.05) is 13.0 Å². The molecule has 21 heavy (non-hydrogen) atoms. The van der Waals surface area contributed by atoms with Gasteiger partial charge in [0.15, 0.2) is 0 Å². The van der Waals surface area contributed by atoms with Crippen molar-refractivity contribution >= 4 is 11.9 Å². The van der Waals surface area contributed by atoms with Crippen molar-refractivity contribution in [1.82, 2.24) is 4.90 Å². The maximum Gasteiger partial charge on any atom is 0.326 e. The molecule has 0 spiro atoms. The second-order valence-electron chi connectivity index (χ2n) is 5.66. The van der Waals surface area contributed by atoms with Gasteiger partial charge in [-0.1, -0.05) is 44.2 Å². The number of aliphatic carboxylic acids is 1. The third-order valence-electron chi connectivity index (χ3n) is 3.45. The van der Waals surface area contributed by atoms with E-state index in [4.69, 9.17) is 0 Å². The first-order chi connectivity index (χ1) is 9.95. The molecule has 0 aliphatic heterocycles. The van der Waals surface area contributed by atoms with Gasteiger partial charge in [-0.2, -0.15) is 0 Å². The summed E-state index contributed by atoms with van der Waals surface area (Å²) in [5, 5.41) is 9.44. The quantitative estimate of drug-likeness (QED) is 0.801. The fourth-order valence-corrected chi connectivity index (χ4v) is 2.40. The molecule has 1 amide bonds. The first kappa shape index (κ1) is 17.2. The minimum absolute atomic E-state index is 0.0760. The highest BCUT2D eigenvalue weighted by Crippen LogP contribution is 2.14. The van der Waals surface area contributed by atoms with Gasteiger partial charge in [0.05, 0.1) is 0 Å². The number of carbonyl (C=O) groups is 2. The third-order valence-corrected chi connectivity index (χ3v) is 3.45. The normalized spacial score (nSPS) is 12.2. The monoisotopic (exact) mass is 291 g/mol. The number of benzene rings is 1. The van der Waals surface area contributed by atoms with Crippen LogP contribution in [0.4, 0.5) is 0 Å². The van der Waals surface area contributed by atoms with Crippen molar-refractivity contribution in [2.75, 3.05) is 6.54 Å². The smallest absolute Gasteiger partial charge is 0.326 e. The second-order valence-corrected chi connectivity index (χ2v) is 5.66. The maximum atomic E-state index is 12.2. The molecule has 1 aromatic rings. The van der Waals surface area contributed by atoms with E-state index in [1.54, 1.807) is 0 Å².